The van der Waals surface area contributed by atoms with Crippen LogP contribution in [0.1, 0.15) is 46.0 Å². The molecule has 1 atom stereocenters. The first kappa shape index (κ1) is 25.3. The maximum atomic E-state index is 12.8. The number of benzene rings is 3. The summed E-state index contributed by atoms with van der Waals surface area (Å²) in [5.74, 6) is 1.08. The van der Waals surface area contributed by atoms with Gasteiger partial charge in [-0.3, -0.25) is 9.69 Å². The number of methoxy groups -OCH3 is 1. The number of carbonyl (C=O) groups excluding carboxylic acids is 1. The van der Waals surface area contributed by atoms with Gasteiger partial charge < -0.3 is 19.5 Å². The number of hydrogen-bond donors (Lipinski definition) is 2. The fourth-order valence-corrected chi connectivity index (χ4v) is 4.68. The summed E-state index contributed by atoms with van der Waals surface area (Å²) in [7, 11) is 1.69. The molecule has 1 unspecified atom stereocenters. The molecular formula is C31H32N4O3. The highest BCUT2D eigenvalue weighted by Crippen LogP contribution is 2.23. The van der Waals surface area contributed by atoms with E-state index in [2.05, 4.69) is 50.6 Å². The SMILES string of the molecule is COc1ccccc1CN(CCc1c[nH]c2ccccc12)Cc1nc(C(=O)NC(C)c2ccccc2)co1. The van der Waals surface area contributed by atoms with Gasteiger partial charge in [-0.05, 0) is 36.6 Å². The lowest BCUT2D eigenvalue weighted by atomic mass is 10.1. The highest BCUT2D eigenvalue weighted by atomic mass is 16.5. The van der Waals surface area contributed by atoms with Crippen molar-refractivity contribution in [2.75, 3.05) is 13.7 Å². The Kier molecular flexibility index (Phi) is 7.85. The van der Waals surface area contributed by atoms with Gasteiger partial charge in [0.2, 0.25) is 5.89 Å². The van der Waals surface area contributed by atoms with Crippen LogP contribution in [0.3, 0.4) is 0 Å². The van der Waals surface area contributed by atoms with Gasteiger partial charge in [-0.15, -0.1) is 0 Å². The van der Waals surface area contributed by atoms with Gasteiger partial charge in [0.1, 0.15) is 12.0 Å². The molecule has 0 radical (unpaired) electrons. The third-order valence-electron chi connectivity index (χ3n) is 6.75. The van der Waals surface area contributed by atoms with Gasteiger partial charge in [0, 0.05) is 35.8 Å². The molecule has 7 nitrogen and oxygen atoms in total. The van der Waals surface area contributed by atoms with E-state index in [4.69, 9.17) is 9.15 Å². The summed E-state index contributed by atoms with van der Waals surface area (Å²) in [6, 6.07) is 26.0. The molecule has 2 N–H and O–H groups in total. The Bertz CT molecular complexity index is 1490. The lowest BCUT2D eigenvalue weighted by Crippen LogP contribution is -2.27. The van der Waals surface area contributed by atoms with Crippen LogP contribution < -0.4 is 10.1 Å². The maximum absolute atomic E-state index is 12.8. The Labute approximate surface area is 222 Å². The van der Waals surface area contributed by atoms with Crippen LogP contribution in [0.4, 0.5) is 0 Å². The van der Waals surface area contributed by atoms with Gasteiger partial charge in [-0.1, -0.05) is 66.7 Å². The van der Waals surface area contributed by atoms with Crippen molar-refractivity contribution < 1.29 is 13.9 Å². The zero-order chi connectivity index (χ0) is 26.3. The fraction of sp³-hybridized carbons (Fsp3) is 0.226. The number of para-hydroxylation sites is 2. The highest BCUT2D eigenvalue weighted by Gasteiger charge is 2.18. The van der Waals surface area contributed by atoms with Gasteiger partial charge in [-0.25, -0.2) is 4.98 Å². The van der Waals surface area contributed by atoms with E-state index >= 15 is 0 Å². The van der Waals surface area contributed by atoms with Crippen LogP contribution in [0.15, 0.2) is 95.7 Å². The van der Waals surface area contributed by atoms with Crippen LogP contribution >= 0.6 is 0 Å². The molecule has 0 aliphatic heterocycles. The lowest BCUT2D eigenvalue weighted by molar-refractivity contribution is 0.0934. The molecule has 3 aromatic carbocycles. The largest absolute Gasteiger partial charge is 0.496 e. The number of ether oxygens (including phenoxy) is 1. The third kappa shape index (κ3) is 5.95. The Morgan fingerprint density at radius 3 is 2.61 bits per heavy atom. The van der Waals surface area contributed by atoms with Gasteiger partial charge in [0.15, 0.2) is 5.69 Å². The molecule has 194 valence electrons. The number of fused-ring (bicyclic) bond motifs is 1. The smallest absolute Gasteiger partial charge is 0.273 e. The summed E-state index contributed by atoms with van der Waals surface area (Å²) in [6.07, 6.45) is 4.36. The zero-order valence-corrected chi connectivity index (χ0v) is 21.7. The molecule has 0 bridgehead atoms. The zero-order valence-electron chi connectivity index (χ0n) is 21.7. The normalized spacial score (nSPS) is 12.1. The second kappa shape index (κ2) is 11.8. The second-order valence-electron chi connectivity index (χ2n) is 9.36. The van der Waals surface area contributed by atoms with Crippen molar-refractivity contribution >= 4 is 16.8 Å². The summed E-state index contributed by atoms with van der Waals surface area (Å²) in [6.45, 7) is 3.84. The summed E-state index contributed by atoms with van der Waals surface area (Å²) in [5, 5.41) is 4.23. The summed E-state index contributed by atoms with van der Waals surface area (Å²) >= 11 is 0. The molecule has 1 amide bonds. The van der Waals surface area contributed by atoms with Gasteiger partial charge in [0.05, 0.1) is 19.7 Å². The molecule has 5 aromatic rings. The van der Waals surface area contributed by atoms with Gasteiger partial charge >= 0.3 is 0 Å². The molecule has 2 aromatic heterocycles. The van der Waals surface area contributed by atoms with Crippen molar-refractivity contribution in [3.8, 4) is 5.75 Å². The molecule has 0 fully saturated rings. The average molecular weight is 509 g/mol. The van der Waals surface area contributed by atoms with E-state index in [0.29, 0.717) is 19.0 Å². The maximum Gasteiger partial charge on any atom is 0.273 e. The van der Waals surface area contributed by atoms with E-state index in [1.807, 2.05) is 61.5 Å². The minimum Gasteiger partial charge on any atom is -0.496 e. The minimum absolute atomic E-state index is 0.137. The topological polar surface area (TPSA) is 83.4 Å². The molecule has 0 aliphatic carbocycles. The number of nitrogens with one attached hydrogen (secondary N) is 2. The van der Waals surface area contributed by atoms with Crippen molar-refractivity contribution in [2.45, 2.75) is 32.5 Å². The molecule has 38 heavy (non-hydrogen) atoms. The number of amides is 1. The van der Waals surface area contributed by atoms with Crippen LogP contribution in [0.5, 0.6) is 5.75 Å². The lowest BCUT2D eigenvalue weighted by Gasteiger charge is -2.22. The van der Waals surface area contributed by atoms with Crippen LogP contribution in [-0.2, 0) is 19.5 Å². The second-order valence-corrected chi connectivity index (χ2v) is 9.36. The van der Waals surface area contributed by atoms with Crippen molar-refractivity contribution in [2.24, 2.45) is 0 Å². The number of aromatic amines is 1. The number of oxazole rings is 1. The number of H-pyrrole nitrogens is 1. The Hall–Kier alpha value is -4.36. The van der Waals surface area contributed by atoms with E-state index in [1.54, 1.807) is 7.11 Å². The number of nitrogens with zero attached hydrogens (tertiary/aromatic N) is 2. The van der Waals surface area contributed by atoms with E-state index in [0.717, 1.165) is 35.4 Å². The summed E-state index contributed by atoms with van der Waals surface area (Å²) in [5.41, 5.74) is 4.77. The number of rotatable bonds is 11. The van der Waals surface area contributed by atoms with Crippen molar-refractivity contribution in [3.05, 3.63) is 120 Å². The van der Waals surface area contributed by atoms with Gasteiger partial charge in [-0.2, -0.15) is 0 Å². The van der Waals surface area contributed by atoms with Crippen LogP contribution in [0.25, 0.3) is 10.9 Å². The van der Waals surface area contributed by atoms with Crippen molar-refractivity contribution in [1.29, 1.82) is 0 Å². The molecule has 0 saturated heterocycles. The third-order valence-corrected chi connectivity index (χ3v) is 6.75. The molecule has 0 saturated carbocycles. The molecule has 7 heteroatoms. The van der Waals surface area contributed by atoms with Crippen molar-refractivity contribution in [1.82, 2.24) is 20.2 Å². The highest BCUT2D eigenvalue weighted by molar-refractivity contribution is 5.92. The molecule has 2 heterocycles. The van der Waals surface area contributed by atoms with Crippen LogP contribution in [0, 0.1) is 0 Å². The van der Waals surface area contributed by atoms with E-state index in [1.165, 1.54) is 17.2 Å². The predicted molar refractivity (Wildman–Crippen MR) is 148 cm³/mol. The average Bonchev–Trinajstić information content (AvgIpc) is 3.60. The monoisotopic (exact) mass is 508 g/mol. The van der Waals surface area contributed by atoms with Crippen LogP contribution in [0.2, 0.25) is 0 Å². The molecule has 5 rings (SSSR count). The summed E-state index contributed by atoms with van der Waals surface area (Å²) in [4.78, 5) is 23.0. The Balaban J connectivity index is 1.30. The number of hydrogen-bond acceptors (Lipinski definition) is 5. The molecule has 0 spiro atoms. The van der Waals surface area contributed by atoms with E-state index < -0.39 is 0 Å². The van der Waals surface area contributed by atoms with Gasteiger partial charge in [0.25, 0.3) is 5.91 Å². The fourth-order valence-electron chi connectivity index (χ4n) is 4.68. The predicted octanol–water partition coefficient (Wildman–Crippen LogP) is 5.90. The van der Waals surface area contributed by atoms with E-state index in [9.17, 15) is 4.79 Å². The quantitative estimate of drug-likeness (QED) is 0.232. The minimum atomic E-state index is -0.258. The Morgan fingerprint density at radius 1 is 1.00 bits per heavy atom. The Morgan fingerprint density at radius 2 is 1.76 bits per heavy atom. The van der Waals surface area contributed by atoms with Crippen LogP contribution in [-0.4, -0.2) is 34.4 Å². The summed E-state index contributed by atoms with van der Waals surface area (Å²) < 4.78 is 11.3. The number of aromatic nitrogens is 2. The molecular weight excluding hydrogens is 476 g/mol. The van der Waals surface area contributed by atoms with Crippen molar-refractivity contribution in [3.63, 3.8) is 0 Å². The standard InChI is InChI=1S/C31H32N4O3/c1-22(23-10-4-3-5-11-23)33-31(36)28-21-38-30(34-28)20-35(19-25-12-6-9-15-29(25)37-2)17-16-24-18-32-27-14-8-7-13-26(24)27/h3-15,18,21-22,32H,16-17,19-20H2,1-2H3,(H,33,36). The molecule has 0 aliphatic rings. The first-order valence-electron chi connectivity index (χ1n) is 12.8. The first-order chi connectivity index (χ1) is 18.6. The number of carbonyl (C=O) groups is 1. The van der Waals surface area contributed by atoms with E-state index in [-0.39, 0.29) is 17.6 Å². The first-order valence-corrected chi connectivity index (χ1v) is 12.8.